The summed E-state index contributed by atoms with van der Waals surface area (Å²) < 4.78 is 86.0. The fraction of sp³-hybridized carbons (Fsp3) is 0.462. The van der Waals surface area contributed by atoms with E-state index in [0.29, 0.717) is 31.7 Å². The first-order valence-corrected chi connectivity index (χ1v) is 12.1. The number of benzene rings is 2. The largest absolute Gasteiger partial charge is 0.401 e. The fourth-order valence-corrected chi connectivity index (χ4v) is 5.52. The molecule has 3 aromatic rings. The van der Waals surface area contributed by atoms with Crippen LogP contribution in [0.25, 0.3) is 10.9 Å². The zero-order chi connectivity index (χ0) is 25.6. The molecule has 2 atom stereocenters. The Bertz CT molecular complexity index is 1210. The Balaban J connectivity index is 1.50. The second kappa shape index (κ2) is 9.63. The Morgan fingerprint density at radius 2 is 1.69 bits per heavy atom. The average Bonchev–Trinajstić information content (AvgIpc) is 3.14. The van der Waals surface area contributed by atoms with E-state index in [1.54, 1.807) is 13.0 Å². The Morgan fingerprint density at radius 3 is 2.36 bits per heavy atom. The number of alkyl halides is 4. The molecule has 36 heavy (non-hydrogen) atoms. The molecule has 2 aliphatic heterocycles. The molecule has 0 amide bonds. The maximum absolute atomic E-state index is 15.5. The number of fused-ring (bicyclic) bond motifs is 3. The van der Waals surface area contributed by atoms with Crippen LogP contribution in [-0.4, -0.2) is 65.5 Å². The summed E-state index contributed by atoms with van der Waals surface area (Å²) in [6.07, 6.45) is -4.09. The summed E-state index contributed by atoms with van der Waals surface area (Å²) in [6, 6.07) is 9.50. The summed E-state index contributed by atoms with van der Waals surface area (Å²) >= 11 is 0. The molecular formula is C26H28F6N4. The third kappa shape index (κ3) is 4.80. The van der Waals surface area contributed by atoms with Crippen molar-refractivity contribution < 1.29 is 26.3 Å². The monoisotopic (exact) mass is 510 g/mol. The lowest BCUT2D eigenvalue weighted by Crippen LogP contribution is -2.54. The van der Waals surface area contributed by atoms with Gasteiger partial charge in [-0.05, 0) is 43.0 Å². The van der Waals surface area contributed by atoms with Crippen molar-refractivity contribution in [3.8, 4) is 0 Å². The Labute approximate surface area is 205 Å². The van der Waals surface area contributed by atoms with Gasteiger partial charge in [-0.1, -0.05) is 18.2 Å². The number of aromatic nitrogens is 1. The first-order valence-electron chi connectivity index (χ1n) is 12.1. The molecule has 194 valence electrons. The first-order chi connectivity index (χ1) is 17.1. The highest BCUT2D eigenvalue weighted by atomic mass is 19.4. The van der Waals surface area contributed by atoms with Crippen LogP contribution in [0.15, 0.2) is 42.5 Å². The summed E-state index contributed by atoms with van der Waals surface area (Å²) in [5, 5.41) is 3.89. The maximum Gasteiger partial charge on any atom is 0.401 e. The molecule has 4 nitrogen and oxygen atoms in total. The van der Waals surface area contributed by atoms with Crippen LogP contribution in [0.1, 0.15) is 30.6 Å². The van der Waals surface area contributed by atoms with E-state index in [-0.39, 0.29) is 18.3 Å². The first kappa shape index (κ1) is 25.0. The number of hydrogen-bond donors (Lipinski definition) is 1. The Hall–Kier alpha value is -2.72. The molecule has 3 heterocycles. The number of nitrogens with zero attached hydrogens (tertiary/aromatic N) is 3. The van der Waals surface area contributed by atoms with Gasteiger partial charge in [0.1, 0.15) is 11.6 Å². The van der Waals surface area contributed by atoms with Gasteiger partial charge < -0.3 is 9.88 Å². The fourth-order valence-electron chi connectivity index (χ4n) is 5.52. The molecule has 1 fully saturated rings. The molecule has 1 aromatic heterocycles. The number of hydrogen-bond acceptors (Lipinski definition) is 3. The van der Waals surface area contributed by atoms with E-state index in [9.17, 15) is 17.6 Å². The number of anilines is 1. The van der Waals surface area contributed by atoms with Crippen molar-refractivity contribution in [2.75, 3.05) is 38.2 Å². The van der Waals surface area contributed by atoms with Gasteiger partial charge in [-0.3, -0.25) is 14.2 Å². The lowest BCUT2D eigenvalue weighted by molar-refractivity contribution is -0.157. The molecule has 1 N–H and O–H groups in total. The normalized spacial score (nSPS) is 21.5. The van der Waals surface area contributed by atoms with Crippen molar-refractivity contribution >= 4 is 16.6 Å². The summed E-state index contributed by atoms with van der Waals surface area (Å²) in [7, 11) is 0. The zero-order valence-electron chi connectivity index (χ0n) is 19.8. The minimum atomic E-state index is -4.53. The molecule has 5 rings (SSSR count). The number of rotatable bonds is 7. The second-order valence-electron chi connectivity index (χ2n) is 9.77. The molecule has 0 unspecified atom stereocenters. The van der Waals surface area contributed by atoms with Crippen molar-refractivity contribution in [2.24, 2.45) is 0 Å². The average molecular weight is 511 g/mol. The van der Waals surface area contributed by atoms with Gasteiger partial charge in [-0.25, -0.2) is 8.78 Å². The molecule has 10 heteroatoms. The van der Waals surface area contributed by atoms with Crippen LogP contribution in [0.4, 0.5) is 32.0 Å². The molecule has 0 saturated carbocycles. The lowest BCUT2D eigenvalue weighted by Gasteiger charge is -2.42. The Morgan fingerprint density at radius 1 is 1.00 bits per heavy atom. The molecule has 0 radical (unpaired) electrons. The molecule has 1 saturated heterocycles. The van der Waals surface area contributed by atoms with Gasteiger partial charge in [0.05, 0.1) is 25.3 Å². The smallest absolute Gasteiger partial charge is 0.380 e. The second-order valence-corrected chi connectivity index (χ2v) is 9.77. The molecule has 0 spiro atoms. The zero-order valence-corrected chi connectivity index (χ0v) is 19.8. The molecule has 2 aromatic carbocycles. The van der Waals surface area contributed by atoms with Gasteiger partial charge in [0.15, 0.2) is 0 Å². The number of halogens is 6. The minimum Gasteiger partial charge on any atom is -0.380 e. The quantitative estimate of drug-likeness (QED) is 0.411. The number of para-hydroxylation sites is 1. The molecular weight excluding hydrogens is 482 g/mol. The summed E-state index contributed by atoms with van der Waals surface area (Å²) in [4.78, 5) is 3.17. The highest BCUT2D eigenvalue weighted by Crippen LogP contribution is 2.42. The van der Waals surface area contributed by atoms with E-state index < -0.39 is 48.7 Å². The van der Waals surface area contributed by atoms with E-state index in [4.69, 9.17) is 0 Å². The predicted octanol–water partition coefficient (Wildman–Crippen LogP) is 5.73. The standard InChI is InChI=1S/C26H28F6N4/c1-16-12-35-22-6-3-2-5-17(22)9-23(35)25(36(16)15-26(30,31)32)24-20(28)10-18(11-21(24)29)33-19-13-34(14-19)8-4-7-27/h2-3,5-6,9-11,16,19,25,33H,4,7-8,12-15H2,1H3/t16-,25+/m1/s1. The van der Waals surface area contributed by atoms with Crippen LogP contribution in [0, 0.1) is 11.6 Å². The van der Waals surface area contributed by atoms with Gasteiger partial charge in [-0.15, -0.1) is 0 Å². The van der Waals surface area contributed by atoms with E-state index in [1.807, 2.05) is 33.7 Å². The van der Waals surface area contributed by atoms with Crippen LogP contribution in [0.5, 0.6) is 0 Å². The van der Waals surface area contributed by atoms with Crippen molar-refractivity contribution in [1.82, 2.24) is 14.4 Å². The van der Waals surface area contributed by atoms with E-state index in [1.165, 1.54) is 0 Å². The highest BCUT2D eigenvalue weighted by molar-refractivity contribution is 5.82. The number of nitrogens with one attached hydrogen (secondary N) is 1. The van der Waals surface area contributed by atoms with Crippen LogP contribution >= 0.6 is 0 Å². The van der Waals surface area contributed by atoms with Crippen LogP contribution < -0.4 is 5.32 Å². The van der Waals surface area contributed by atoms with Gasteiger partial charge in [0.25, 0.3) is 0 Å². The Kier molecular flexibility index (Phi) is 6.67. The third-order valence-electron chi connectivity index (χ3n) is 7.12. The van der Waals surface area contributed by atoms with E-state index >= 15 is 8.78 Å². The van der Waals surface area contributed by atoms with Crippen molar-refractivity contribution in [1.29, 1.82) is 0 Å². The maximum atomic E-state index is 15.5. The third-order valence-corrected chi connectivity index (χ3v) is 7.12. The van der Waals surface area contributed by atoms with Crippen molar-refractivity contribution in [3.63, 3.8) is 0 Å². The molecule has 2 aliphatic rings. The van der Waals surface area contributed by atoms with E-state index in [0.717, 1.165) is 27.9 Å². The van der Waals surface area contributed by atoms with E-state index in [2.05, 4.69) is 5.32 Å². The molecule has 0 aliphatic carbocycles. The van der Waals surface area contributed by atoms with Crippen LogP contribution in [-0.2, 0) is 6.54 Å². The van der Waals surface area contributed by atoms with Crippen molar-refractivity contribution in [3.05, 3.63) is 65.4 Å². The number of likely N-dealkylation sites (tertiary alicyclic amines) is 1. The summed E-state index contributed by atoms with van der Waals surface area (Å²) in [5.74, 6) is -1.79. The topological polar surface area (TPSA) is 23.4 Å². The predicted molar refractivity (Wildman–Crippen MR) is 127 cm³/mol. The molecule has 0 bridgehead atoms. The van der Waals surface area contributed by atoms with Crippen LogP contribution in [0.3, 0.4) is 0 Å². The van der Waals surface area contributed by atoms with Crippen molar-refractivity contribution in [2.45, 2.75) is 44.2 Å². The summed E-state index contributed by atoms with van der Waals surface area (Å²) in [5.41, 5.74) is 1.09. The van der Waals surface area contributed by atoms with Gasteiger partial charge >= 0.3 is 6.18 Å². The summed E-state index contributed by atoms with van der Waals surface area (Å²) in [6.45, 7) is 2.13. The highest BCUT2D eigenvalue weighted by Gasteiger charge is 2.43. The van der Waals surface area contributed by atoms with Gasteiger partial charge in [0, 0.05) is 54.7 Å². The SMILES string of the molecule is C[C@@H]1Cn2c(cc3ccccc32)[C@@H](c2c(F)cc(NC3CN(CCCF)C3)cc2F)N1CC(F)(F)F. The lowest BCUT2D eigenvalue weighted by atomic mass is 9.95. The van der Waals surface area contributed by atoms with Crippen LogP contribution in [0.2, 0.25) is 0 Å². The minimum absolute atomic E-state index is 0.0341. The van der Waals surface area contributed by atoms with Gasteiger partial charge in [-0.2, -0.15) is 13.2 Å². The van der Waals surface area contributed by atoms with Gasteiger partial charge in [0.2, 0.25) is 0 Å².